The molecule has 0 aliphatic carbocycles. The van der Waals surface area contributed by atoms with Gasteiger partial charge >= 0.3 is 6.18 Å². The van der Waals surface area contributed by atoms with Gasteiger partial charge in [-0.15, -0.1) is 0 Å². The van der Waals surface area contributed by atoms with Crippen LogP contribution in [0.4, 0.5) is 13.2 Å². The number of hydrogen-bond donors (Lipinski definition) is 1. The van der Waals surface area contributed by atoms with Gasteiger partial charge < -0.3 is 9.47 Å². The van der Waals surface area contributed by atoms with Gasteiger partial charge in [0.15, 0.2) is 6.61 Å². The molecule has 1 aromatic carbocycles. The smallest absolute Gasteiger partial charge is 0.422 e. The van der Waals surface area contributed by atoms with Crippen molar-refractivity contribution in [1.82, 2.24) is 9.71 Å². The van der Waals surface area contributed by atoms with Crippen LogP contribution in [0.15, 0.2) is 47.5 Å². The molecule has 27 heavy (non-hydrogen) atoms. The summed E-state index contributed by atoms with van der Waals surface area (Å²) in [5, 5.41) is 0. The van der Waals surface area contributed by atoms with Gasteiger partial charge in [-0.05, 0) is 36.4 Å². The molecular formula is C16H15F3N2O5S. The monoisotopic (exact) mass is 404 g/mol. The third-order valence-corrected chi connectivity index (χ3v) is 4.49. The molecule has 7 nitrogen and oxygen atoms in total. The van der Waals surface area contributed by atoms with Crippen LogP contribution in [0.3, 0.4) is 0 Å². The lowest BCUT2D eigenvalue weighted by atomic mass is 10.2. The van der Waals surface area contributed by atoms with E-state index in [0.29, 0.717) is 5.69 Å². The average molecular weight is 404 g/mol. The Kier molecular flexibility index (Phi) is 6.39. The highest BCUT2D eigenvalue weighted by molar-refractivity contribution is 7.90. The fourth-order valence-electron chi connectivity index (χ4n) is 1.91. The number of sulfonamides is 1. The number of halogens is 3. The standard InChI is InChI=1S/C16H15F3N2O5S/c1-25-9-12-3-2-11(8-20-12)15(22)21-27(23,24)14-6-4-13(5-7-14)26-10-16(17,18)19/h2-8H,9-10H2,1H3,(H,21,22). The first kappa shape index (κ1) is 20.6. The van der Waals surface area contributed by atoms with Crippen molar-refractivity contribution in [1.29, 1.82) is 0 Å². The first-order chi connectivity index (χ1) is 12.6. The molecule has 2 aromatic rings. The first-order valence-electron chi connectivity index (χ1n) is 7.41. The molecule has 0 fully saturated rings. The molecule has 0 radical (unpaired) electrons. The van der Waals surface area contributed by atoms with Gasteiger partial charge in [0.05, 0.1) is 22.8 Å². The van der Waals surface area contributed by atoms with Gasteiger partial charge in [-0.1, -0.05) is 0 Å². The predicted octanol–water partition coefficient (Wildman–Crippen LogP) is 2.29. The third kappa shape index (κ3) is 6.22. The Hall–Kier alpha value is -2.66. The number of hydrogen-bond acceptors (Lipinski definition) is 6. The zero-order valence-electron chi connectivity index (χ0n) is 14.0. The molecule has 1 N–H and O–H groups in total. The van der Waals surface area contributed by atoms with Crippen LogP contribution in [0.5, 0.6) is 5.75 Å². The minimum absolute atomic E-state index is 0.0172. The lowest BCUT2D eigenvalue weighted by molar-refractivity contribution is -0.153. The summed E-state index contributed by atoms with van der Waals surface area (Å²) >= 11 is 0. The summed E-state index contributed by atoms with van der Waals surface area (Å²) in [5.74, 6) is -1.06. The van der Waals surface area contributed by atoms with Gasteiger partial charge in [0.25, 0.3) is 15.9 Å². The number of methoxy groups -OCH3 is 1. The van der Waals surface area contributed by atoms with Crippen molar-refractivity contribution in [3.8, 4) is 5.75 Å². The number of pyridine rings is 1. The van der Waals surface area contributed by atoms with Crippen LogP contribution < -0.4 is 9.46 Å². The molecule has 146 valence electrons. The van der Waals surface area contributed by atoms with Crippen molar-refractivity contribution in [2.75, 3.05) is 13.7 Å². The van der Waals surface area contributed by atoms with E-state index in [1.807, 2.05) is 4.72 Å². The van der Waals surface area contributed by atoms with E-state index in [1.165, 1.54) is 25.4 Å². The zero-order chi connectivity index (χ0) is 20.1. The second kappa shape index (κ2) is 8.35. The van der Waals surface area contributed by atoms with Gasteiger partial charge in [0.2, 0.25) is 0 Å². The van der Waals surface area contributed by atoms with E-state index >= 15 is 0 Å². The highest BCUT2D eigenvalue weighted by atomic mass is 32.2. The Bertz CT molecular complexity index is 882. The number of alkyl halides is 3. The van der Waals surface area contributed by atoms with E-state index < -0.39 is 28.7 Å². The van der Waals surface area contributed by atoms with Gasteiger partial charge in [0, 0.05) is 13.3 Å². The Morgan fingerprint density at radius 3 is 2.33 bits per heavy atom. The topological polar surface area (TPSA) is 94.6 Å². The van der Waals surface area contributed by atoms with Crippen LogP contribution in [0, 0.1) is 0 Å². The van der Waals surface area contributed by atoms with Crippen LogP contribution in [-0.4, -0.2) is 39.2 Å². The molecule has 11 heteroatoms. The summed E-state index contributed by atoms with van der Waals surface area (Å²) in [7, 11) is -2.74. The maximum atomic E-state index is 12.2. The number of carbonyl (C=O) groups excluding carboxylic acids is 1. The van der Waals surface area contributed by atoms with Crippen LogP contribution in [0.1, 0.15) is 16.1 Å². The van der Waals surface area contributed by atoms with Crippen molar-refractivity contribution < 1.29 is 35.9 Å². The molecular weight excluding hydrogens is 389 g/mol. The molecule has 1 aromatic heterocycles. The number of benzene rings is 1. The van der Waals surface area contributed by atoms with Crippen molar-refractivity contribution in [2.45, 2.75) is 17.7 Å². The van der Waals surface area contributed by atoms with Crippen molar-refractivity contribution in [3.63, 3.8) is 0 Å². The molecule has 0 saturated heterocycles. The molecule has 1 amide bonds. The van der Waals surface area contributed by atoms with Crippen LogP contribution in [0.2, 0.25) is 0 Å². The van der Waals surface area contributed by atoms with Gasteiger partial charge in [-0.25, -0.2) is 13.1 Å². The SMILES string of the molecule is COCc1ccc(C(=O)NS(=O)(=O)c2ccc(OCC(F)(F)F)cc2)cn1. The van der Waals surface area contributed by atoms with E-state index in [-0.39, 0.29) is 22.8 Å². The van der Waals surface area contributed by atoms with E-state index in [1.54, 1.807) is 0 Å². The lowest BCUT2D eigenvalue weighted by Gasteiger charge is -2.10. The maximum Gasteiger partial charge on any atom is 0.422 e. The summed E-state index contributed by atoms with van der Waals surface area (Å²) in [6.07, 6.45) is -3.31. The number of carbonyl (C=O) groups is 1. The van der Waals surface area contributed by atoms with Crippen molar-refractivity contribution in [3.05, 3.63) is 53.9 Å². The molecule has 0 bridgehead atoms. The molecule has 0 atom stereocenters. The Labute approximate surface area is 153 Å². The number of ether oxygens (including phenoxy) is 2. The summed E-state index contributed by atoms with van der Waals surface area (Å²) in [4.78, 5) is 15.7. The first-order valence-corrected chi connectivity index (χ1v) is 8.90. The van der Waals surface area contributed by atoms with Gasteiger partial charge in [-0.2, -0.15) is 13.2 Å². The minimum atomic E-state index is -4.51. The van der Waals surface area contributed by atoms with Crippen LogP contribution >= 0.6 is 0 Å². The quantitative estimate of drug-likeness (QED) is 0.761. The minimum Gasteiger partial charge on any atom is -0.484 e. The number of aromatic nitrogens is 1. The van der Waals surface area contributed by atoms with E-state index in [4.69, 9.17) is 4.74 Å². The predicted molar refractivity (Wildman–Crippen MR) is 87.6 cm³/mol. The van der Waals surface area contributed by atoms with Crippen molar-refractivity contribution >= 4 is 15.9 Å². The second-order valence-corrected chi connectivity index (χ2v) is 6.96. The molecule has 0 aliphatic heterocycles. The summed E-state index contributed by atoms with van der Waals surface area (Å²) in [6, 6.07) is 7.08. The van der Waals surface area contributed by atoms with Gasteiger partial charge in [-0.3, -0.25) is 9.78 Å². The fraction of sp³-hybridized carbons (Fsp3) is 0.250. The summed E-state index contributed by atoms with van der Waals surface area (Å²) in [6.45, 7) is -1.26. The highest BCUT2D eigenvalue weighted by Crippen LogP contribution is 2.20. The summed E-state index contributed by atoms with van der Waals surface area (Å²) < 4.78 is 72.0. The van der Waals surface area contributed by atoms with Crippen LogP contribution in [-0.2, 0) is 21.4 Å². The molecule has 0 aliphatic rings. The van der Waals surface area contributed by atoms with E-state index in [0.717, 1.165) is 24.3 Å². The molecule has 0 unspecified atom stereocenters. The molecule has 2 rings (SSSR count). The number of amides is 1. The maximum absolute atomic E-state index is 12.2. The molecule has 1 heterocycles. The van der Waals surface area contributed by atoms with E-state index in [9.17, 15) is 26.4 Å². The lowest BCUT2D eigenvalue weighted by Crippen LogP contribution is -2.30. The summed E-state index contributed by atoms with van der Waals surface area (Å²) in [5.41, 5.74) is 0.579. The number of nitrogens with one attached hydrogen (secondary N) is 1. The van der Waals surface area contributed by atoms with Gasteiger partial charge in [0.1, 0.15) is 5.75 Å². The zero-order valence-corrected chi connectivity index (χ0v) is 14.8. The molecule has 0 saturated carbocycles. The van der Waals surface area contributed by atoms with Crippen LogP contribution in [0.25, 0.3) is 0 Å². The highest BCUT2D eigenvalue weighted by Gasteiger charge is 2.28. The fourth-order valence-corrected chi connectivity index (χ4v) is 2.89. The largest absolute Gasteiger partial charge is 0.484 e. The Morgan fingerprint density at radius 1 is 1.15 bits per heavy atom. The molecule has 0 spiro atoms. The van der Waals surface area contributed by atoms with E-state index in [2.05, 4.69) is 9.72 Å². The third-order valence-electron chi connectivity index (χ3n) is 3.14. The Balaban J connectivity index is 2.05. The number of nitrogens with zero attached hydrogens (tertiary/aromatic N) is 1. The average Bonchev–Trinajstić information content (AvgIpc) is 2.60. The second-order valence-electron chi connectivity index (χ2n) is 5.28. The number of rotatable bonds is 7. The Morgan fingerprint density at radius 2 is 1.81 bits per heavy atom. The van der Waals surface area contributed by atoms with Crippen molar-refractivity contribution in [2.24, 2.45) is 0 Å². The normalized spacial score (nSPS) is 11.9.